The summed E-state index contributed by atoms with van der Waals surface area (Å²) in [6.45, 7) is 0.898. The summed E-state index contributed by atoms with van der Waals surface area (Å²) in [7, 11) is 0. The van der Waals surface area contributed by atoms with Crippen LogP contribution in [0.15, 0.2) is 30.5 Å². The second kappa shape index (κ2) is 4.46. The molecule has 1 unspecified atom stereocenters. The summed E-state index contributed by atoms with van der Waals surface area (Å²) in [5.74, 6) is 1.21. The van der Waals surface area contributed by atoms with E-state index in [1.807, 2.05) is 18.2 Å². The highest BCUT2D eigenvalue weighted by molar-refractivity contribution is 5.34. The molecule has 0 amide bonds. The zero-order valence-electron chi connectivity index (χ0n) is 10.1. The number of phenolic OH excluding ortho intramolecular Hbond substituents is 1. The van der Waals surface area contributed by atoms with Crippen LogP contribution in [-0.2, 0) is 13.0 Å². The van der Waals surface area contributed by atoms with E-state index in [1.165, 1.54) is 0 Å². The van der Waals surface area contributed by atoms with Gasteiger partial charge in [0, 0.05) is 18.5 Å². The van der Waals surface area contributed by atoms with E-state index in [0.717, 1.165) is 36.5 Å². The van der Waals surface area contributed by atoms with Gasteiger partial charge in [-0.05, 0) is 18.9 Å². The van der Waals surface area contributed by atoms with Gasteiger partial charge in [-0.15, -0.1) is 0 Å². The fraction of sp³-hybridized carbons (Fsp3) is 0.357. The molecule has 0 radical (unpaired) electrons. The van der Waals surface area contributed by atoms with Crippen LogP contribution in [-0.4, -0.2) is 19.8 Å². The Morgan fingerprint density at radius 3 is 3.00 bits per heavy atom. The largest absolute Gasteiger partial charge is 0.508 e. The monoisotopic (exact) mass is 244 g/mol. The Balaban J connectivity index is 1.92. The number of nitrogens with zero attached hydrogens (tertiary/aromatic N) is 2. The Labute approximate surface area is 106 Å². The molecule has 1 aliphatic heterocycles. The Morgan fingerprint density at radius 1 is 1.33 bits per heavy atom. The minimum Gasteiger partial charge on any atom is -0.508 e. The molecule has 3 rings (SSSR count). The molecular weight excluding hydrogens is 228 g/mol. The van der Waals surface area contributed by atoms with Crippen molar-refractivity contribution >= 4 is 0 Å². The summed E-state index contributed by atoms with van der Waals surface area (Å²) in [5, 5.41) is 19.7. The summed E-state index contributed by atoms with van der Waals surface area (Å²) in [6.07, 6.45) is 3.72. The molecule has 1 aromatic heterocycles. The second-order valence-electron chi connectivity index (χ2n) is 4.71. The molecule has 0 spiro atoms. The molecule has 4 nitrogen and oxygen atoms in total. The molecule has 0 fully saturated rings. The molecule has 0 aliphatic carbocycles. The molecule has 0 saturated carbocycles. The molecule has 18 heavy (non-hydrogen) atoms. The number of benzene rings is 1. The van der Waals surface area contributed by atoms with E-state index in [1.54, 1.807) is 12.3 Å². The maximum absolute atomic E-state index is 9.89. The van der Waals surface area contributed by atoms with Crippen molar-refractivity contribution in [2.24, 2.45) is 0 Å². The van der Waals surface area contributed by atoms with Crippen molar-refractivity contribution < 1.29 is 10.2 Å². The van der Waals surface area contributed by atoms with Gasteiger partial charge in [-0.3, -0.25) is 0 Å². The lowest BCUT2D eigenvalue weighted by atomic mass is 10.1. The maximum Gasteiger partial charge on any atom is 0.119 e. The summed E-state index contributed by atoms with van der Waals surface area (Å²) < 4.78 is 2.07. The Hall–Kier alpha value is -1.81. The van der Waals surface area contributed by atoms with Crippen LogP contribution in [0.4, 0.5) is 0 Å². The van der Waals surface area contributed by atoms with Crippen LogP contribution in [0.5, 0.6) is 5.75 Å². The second-order valence-corrected chi connectivity index (χ2v) is 4.71. The van der Waals surface area contributed by atoms with Crippen LogP contribution in [0.1, 0.15) is 36.0 Å². The summed E-state index contributed by atoms with van der Waals surface area (Å²) in [4.78, 5) is 4.38. The van der Waals surface area contributed by atoms with Gasteiger partial charge in [-0.25, -0.2) is 4.98 Å². The van der Waals surface area contributed by atoms with Crippen LogP contribution >= 0.6 is 0 Å². The molecule has 1 atom stereocenters. The minimum absolute atomic E-state index is 0.297. The molecule has 1 aromatic carbocycles. The molecular formula is C14H16N2O2. The number of phenols is 1. The van der Waals surface area contributed by atoms with Gasteiger partial charge < -0.3 is 14.8 Å². The van der Waals surface area contributed by atoms with Gasteiger partial charge in [0.2, 0.25) is 0 Å². The molecule has 94 valence electrons. The Bertz CT molecular complexity index is 563. The third-order valence-corrected chi connectivity index (χ3v) is 3.51. The Morgan fingerprint density at radius 2 is 2.17 bits per heavy atom. The van der Waals surface area contributed by atoms with Gasteiger partial charge in [0.25, 0.3) is 0 Å². The van der Waals surface area contributed by atoms with E-state index in [4.69, 9.17) is 0 Å². The quantitative estimate of drug-likeness (QED) is 0.849. The van der Waals surface area contributed by atoms with E-state index in [9.17, 15) is 10.2 Å². The number of aromatic nitrogens is 2. The number of aromatic hydroxyl groups is 1. The third kappa shape index (κ3) is 1.88. The highest BCUT2D eigenvalue weighted by Gasteiger charge is 2.21. The summed E-state index contributed by atoms with van der Waals surface area (Å²) in [5.41, 5.74) is 1.76. The fourth-order valence-corrected chi connectivity index (χ4v) is 2.52. The van der Waals surface area contributed by atoms with Gasteiger partial charge in [0.05, 0.1) is 18.0 Å². The SMILES string of the molecule is Oc1ccccc1Cc1ncc2n1CCCC2O. The molecule has 2 aromatic rings. The first kappa shape index (κ1) is 11.3. The van der Waals surface area contributed by atoms with Crippen molar-refractivity contribution in [2.45, 2.75) is 31.9 Å². The number of para-hydroxylation sites is 1. The van der Waals surface area contributed by atoms with E-state index in [-0.39, 0.29) is 0 Å². The van der Waals surface area contributed by atoms with Crippen LogP contribution in [0, 0.1) is 0 Å². The van der Waals surface area contributed by atoms with Crippen molar-refractivity contribution in [3.05, 3.63) is 47.5 Å². The van der Waals surface area contributed by atoms with E-state index in [2.05, 4.69) is 9.55 Å². The smallest absolute Gasteiger partial charge is 0.119 e. The van der Waals surface area contributed by atoms with Crippen molar-refractivity contribution in [3.8, 4) is 5.75 Å². The normalized spacial score (nSPS) is 18.6. The lowest BCUT2D eigenvalue weighted by Gasteiger charge is -2.21. The van der Waals surface area contributed by atoms with Crippen LogP contribution in [0.2, 0.25) is 0 Å². The maximum atomic E-state index is 9.89. The van der Waals surface area contributed by atoms with E-state index >= 15 is 0 Å². The summed E-state index contributed by atoms with van der Waals surface area (Å²) in [6, 6.07) is 7.30. The van der Waals surface area contributed by atoms with Gasteiger partial charge >= 0.3 is 0 Å². The minimum atomic E-state index is -0.399. The molecule has 4 heteroatoms. The predicted octanol–water partition coefficient (Wildman–Crippen LogP) is 2.01. The van der Waals surface area contributed by atoms with Crippen molar-refractivity contribution in [1.82, 2.24) is 9.55 Å². The molecule has 1 aliphatic rings. The zero-order valence-corrected chi connectivity index (χ0v) is 10.1. The fourth-order valence-electron chi connectivity index (χ4n) is 2.52. The van der Waals surface area contributed by atoms with Crippen molar-refractivity contribution in [3.63, 3.8) is 0 Å². The van der Waals surface area contributed by atoms with Gasteiger partial charge in [-0.2, -0.15) is 0 Å². The number of aliphatic hydroxyl groups excluding tert-OH is 1. The summed E-state index contributed by atoms with van der Waals surface area (Å²) >= 11 is 0. The molecule has 2 heterocycles. The number of rotatable bonds is 2. The molecule has 2 N–H and O–H groups in total. The number of imidazole rings is 1. The highest BCUT2D eigenvalue weighted by Crippen LogP contribution is 2.27. The first-order valence-electron chi connectivity index (χ1n) is 6.25. The molecule has 0 bridgehead atoms. The number of fused-ring (bicyclic) bond motifs is 1. The van der Waals surface area contributed by atoms with Gasteiger partial charge in [0.15, 0.2) is 0 Å². The van der Waals surface area contributed by atoms with Crippen molar-refractivity contribution in [1.29, 1.82) is 0 Å². The average Bonchev–Trinajstić information content (AvgIpc) is 2.77. The van der Waals surface area contributed by atoms with E-state index in [0.29, 0.717) is 12.2 Å². The third-order valence-electron chi connectivity index (χ3n) is 3.51. The lowest BCUT2D eigenvalue weighted by Crippen LogP contribution is -2.16. The number of aliphatic hydroxyl groups is 1. The first-order chi connectivity index (χ1) is 8.75. The average molecular weight is 244 g/mol. The standard InChI is InChI=1S/C14H16N2O2/c17-12-5-2-1-4-10(12)8-14-15-9-11-13(18)6-3-7-16(11)14/h1-2,4-5,9,13,17-18H,3,6-8H2. The van der Waals surface area contributed by atoms with Crippen LogP contribution < -0.4 is 0 Å². The van der Waals surface area contributed by atoms with Crippen molar-refractivity contribution in [2.75, 3.05) is 0 Å². The van der Waals surface area contributed by atoms with Crippen LogP contribution in [0.3, 0.4) is 0 Å². The predicted molar refractivity (Wildman–Crippen MR) is 67.3 cm³/mol. The number of hydrogen-bond donors (Lipinski definition) is 2. The lowest BCUT2D eigenvalue weighted by molar-refractivity contribution is 0.138. The first-order valence-corrected chi connectivity index (χ1v) is 6.25. The van der Waals surface area contributed by atoms with Gasteiger partial charge in [-0.1, -0.05) is 18.2 Å². The van der Waals surface area contributed by atoms with Crippen LogP contribution in [0.25, 0.3) is 0 Å². The Kier molecular flexibility index (Phi) is 2.80. The molecule has 0 saturated heterocycles. The zero-order chi connectivity index (χ0) is 12.5. The van der Waals surface area contributed by atoms with Gasteiger partial charge in [0.1, 0.15) is 11.6 Å². The topological polar surface area (TPSA) is 58.3 Å². The van der Waals surface area contributed by atoms with E-state index < -0.39 is 6.10 Å². The highest BCUT2D eigenvalue weighted by atomic mass is 16.3. The number of hydrogen-bond acceptors (Lipinski definition) is 3.